The van der Waals surface area contributed by atoms with Crippen LogP contribution in [0.15, 0.2) is 73.1 Å². The third-order valence-corrected chi connectivity index (χ3v) is 4.00. The second-order valence-electron chi connectivity index (χ2n) is 5.94. The molecule has 1 amide bonds. The Labute approximate surface area is 142 Å². The second kappa shape index (κ2) is 7.09. The number of benzene rings is 2. The minimum Gasteiger partial charge on any atom is -0.345 e. The van der Waals surface area contributed by atoms with Gasteiger partial charge in [0.05, 0.1) is 11.6 Å². The first-order valence-corrected chi connectivity index (χ1v) is 8.01. The molecule has 24 heavy (non-hydrogen) atoms. The molecule has 3 aromatic rings. The van der Waals surface area contributed by atoms with Gasteiger partial charge in [-0.25, -0.2) is 0 Å². The number of aryl methyl sites for hydroxylation is 1. The fraction of sp³-hybridized carbons (Fsp3) is 0.143. The lowest BCUT2D eigenvalue weighted by Crippen LogP contribution is -2.26. The summed E-state index contributed by atoms with van der Waals surface area (Å²) >= 11 is 0. The molecule has 120 valence electrons. The number of aromatic nitrogens is 1. The Balaban J connectivity index is 1.80. The van der Waals surface area contributed by atoms with Crippen molar-refractivity contribution < 1.29 is 4.79 Å². The zero-order valence-electron chi connectivity index (χ0n) is 13.9. The number of carbonyl (C=O) groups is 1. The molecule has 0 aliphatic heterocycles. The van der Waals surface area contributed by atoms with Crippen molar-refractivity contribution in [3.63, 3.8) is 0 Å². The molecular formula is C21H20N2O. The second-order valence-corrected chi connectivity index (χ2v) is 5.94. The van der Waals surface area contributed by atoms with Gasteiger partial charge in [-0.3, -0.25) is 9.78 Å². The lowest BCUT2D eigenvalue weighted by atomic mass is 10.0. The summed E-state index contributed by atoms with van der Waals surface area (Å²) in [4.78, 5) is 16.8. The molecule has 3 nitrogen and oxygen atoms in total. The number of carbonyl (C=O) groups excluding carboxylic acids is 1. The molecule has 1 unspecified atom stereocenters. The third kappa shape index (κ3) is 3.69. The highest BCUT2D eigenvalue weighted by molar-refractivity contribution is 5.95. The molecule has 1 aromatic heterocycles. The van der Waals surface area contributed by atoms with Crippen LogP contribution in [-0.2, 0) is 0 Å². The fourth-order valence-corrected chi connectivity index (χ4v) is 2.65. The van der Waals surface area contributed by atoms with Crippen molar-refractivity contribution in [3.05, 3.63) is 89.7 Å². The quantitative estimate of drug-likeness (QED) is 0.767. The van der Waals surface area contributed by atoms with Gasteiger partial charge in [0.2, 0.25) is 0 Å². The number of pyridine rings is 1. The summed E-state index contributed by atoms with van der Waals surface area (Å²) in [5, 5.41) is 3.02. The van der Waals surface area contributed by atoms with Gasteiger partial charge in [0.1, 0.15) is 0 Å². The van der Waals surface area contributed by atoms with E-state index in [1.165, 1.54) is 5.56 Å². The number of hydrogen-bond acceptors (Lipinski definition) is 2. The third-order valence-electron chi connectivity index (χ3n) is 4.00. The zero-order chi connectivity index (χ0) is 16.9. The van der Waals surface area contributed by atoms with E-state index in [0.29, 0.717) is 5.56 Å². The molecule has 0 bridgehead atoms. The van der Waals surface area contributed by atoms with Crippen molar-refractivity contribution in [1.82, 2.24) is 10.3 Å². The Morgan fingerprint density at radius 2 is 1.75 bits per heavy atom. The van der Waals surface area contributed by atoms with Gasteiger partial charge in [0.15, 0.2) is 0 Å². The van der Waals surface area contributed by atoms with E-state index in [4.69, 9.17) is 0 Å². The van der Waals surface area contributed by atoms with Gasteiger partial charge in [0.25, 0.3) is 5.91 Å². The Kier molecular flexibility index (Phi) is 4.71. The van der Waals surface area contributed by atoms with Crippen LogP contribution < -0.4 is 5.32 Å². The van der Waals surface area contributed by atoms with E-state index in [-0.39, 0.29) is 11.9 Å². The van der Waals surface area contributed by atoms with Crippen LogP contribution in [0.2, 0.25) is 0 Å². The highest BCUT2D eigenvalue weighted by Gasteiger charge is 2.12. The summed E-state index contributed by atoms with van der Waals surface area (Å²) in [6, 6.07) is 19.9. The number of nitrogens with zero attached hydrogens (tertiary/aromatic N) is 1. The number of hydrogen-bond donors (Lipinski definition) is 1. The molecule has 1 heterocycles. The van der Waals surface area contributed by atoms with Crippen molar-refractivity contribution in [1.29, 1.82) is 0 Å². The minimum absolute atomic E-state index is 0.0543. The predicted molar refractivity (Wildman–Crippen MR) is 96.7 cm³/mol. The molecule has 0 radical (unpaired) electrons. The standard InChI is InChI=1S/C21H20N2O/c1-15-7-6-10-18(11-15)19-12-20(14-22-13-19)21(24)23-16(2)17-8-4-3-5-9-17/h3-14,16H,1-2H3,(H,23,24). The maximum absolute atomic E-state index is 12.5. The molecule has 0 spiro atoms. The molecule has 0 aliphatic rings. The van der Waals surface area contributed by atoms with Crippen molar-refractivity contribution >= 4 is 5.91 Å². The molecule has 1 atom stereocenters. The topological polar surface area (TPSA) is 42.0 Å². The van der Waals surface area contributed by atoms with E-state index in [0.717, 1.165) is 16.7 Å². The van der Waals surface area contributed by atoms with Gasteiger partial charge in [-0.2, -0.15) is 0 Å². The molecule has 0 aliphatic carbocycles. The highest BCUT2D eigenvalue weighted by Crippen LogP contribution is 2.21. The van der Waals surface area contributed by atoms with Crippen molar-refractivity contribution in [2.75, 3.05) is 0 Å². The van der Waals surface area contributed by atoms with E-state index in [9.17, 15) is 4.79 Å². The molecule has 2 aromatic carbocycles. The molecule has 3 rings (SSSR count). The van der Waals surface area contributed by atoms with E-state index in [1.807, 2.05) is 55.5 Å². The van der Waals surface area contributed by atoms with Crippen LogP contribution in [0.3, 0.4) is 0 Å². The zero-order valence-corrected chi connectivity index (χ0v) is 13.9. The summed E-state index contributed by atoms with van der Waals surface area (Å²) in [7, 11) is 0. The summed E-state index contributed by atoms with van der Waals surface area (Å²) in [6.45, 7) is 4.03. The molecule has 3 heteroatoms. The normalized spacial score (nSPS) is 11.8. The lowest BCUT2D eigenvalue weighted by molar-refractivity contribution is 0.0939. The first kappa shape index (κ1) is 15.9. The molecule has 0 fully saturated rings. The number of nitrogens with one attached hydrogen (secondary N) is 1. The van der Waals surface area contributed by atoms with Crippen molar-refractivity contribution in [2.45, 2.75) is 19.9 Å². The smallest absolute Gasteiger partial charge is 0.253 e. The lowest BCUT2D eigenvalue weighted by Gasteiger charge is -2.14. The average Bonchev–Trinajstić information content (AvgIpc) is 2.62. The summed E-state index contributed by atoms with van der Waals surface area (Å²) in [5.74, 6) is -0.117. The monoisotopic (exact) mass is 316 g/mol. The predicted octanol–water partition coefficient (Wildman–Crippen LogP) is 4.55. The Hall–Kier alpha value is -2.94. The van der Waals surface area contributed by atoms with E-state index in [1.54, 1.807) is 12.4 Å². The van der Waals surface area contributed by atoms with Gasteiger partial charge < -0.3 is 5.32 Å². The van der Waals surface area contributed by atoms with E-state index < -0.39 is 0 Å². The van der Waals surface area contributed by atoms with Crippen LogP contribution in [0.1, 0.15) is 34.5 Å². The van der Waals surface area contributed by atoms with Crippen molar-refractivity contribution in [2.24, 2.45) is 0 Å². The van der Waals surface area contributed by atoms with Crippen LogP contribution in [0.4, 0.5) is 0 Å². The van der Waals surface area contributed by atoms with Gasteiger partial charge in [-0.05, 0) is 31.0 Å². The van der Waals surface area contributed by atoms with Gasteiger partial charge in [-0.1, -0.05) is 60.2 Å². The fourth-order valence-electron chi connectivity index (χ4n) is 2.65. The Bertz CT molecular complexity index is 843. The first-order valence-electron chi connectivity index (χ1n) is 8.01. The minimum atomic E-state index is -0.117. The molecule has 1 N–H and O–H groups in total. The highest BCUT2D eigenvalue weighted by atomic mass is 16.1. The van der Waals surface area contributed by atoms with E-state index >= 15 is 0 Å². The largest absolute Gasteiger partial charge is 0.345 e. The maximum Gasteiger partial charge on any atom is 0.253 e. The van der Waals surface area contributed by atoms with Crippen LogP contribution in [0, 0.1) is 6.92 Å². The molecule has 0 saturated heterocycles. The van der Waals surface area contributed by atoms with Gasteiger partial charge >= 0.3 is 0 Å². The number of rotatable bonds is 4. The van der Waals surface area contributed by atoms with Gasteiger partial charge in [-0.15, -0.1) is 0 Å². The first-order chi connectivity index (χ1) is 11.6. The van der Waals surface area contributed by atoms with Crippen LogP contribution in [0.25, 0.3) is 11.1 Å². The molecular weight excluding hydrogens is 296 g/mol. The van der Waals surface area contributed by atoms with Crippen LogP contribution in [0.5, 0.6) is 0 Å². The SMILES string of the molecule is Cc1cccc(-c2cncc(C(=O)NC(C)c3ccccc3)c2)c1. The Morgan fingerprint density at radius 1 is 0.958 bits per heavy atom. The Morgan fingerprint density at radius 3 is 2.50 bits per heavy atom. The van der Waals surface area contributed by atoms with E-state index in [2.05, 4.69) is 29.4 Å². The molecule has 0 saturated carbocycles. The maximum atomic E-state index is 12.5. The van der Waals surface area contributed by atoms with Crippen LogP contribution in [-0.4, -0.2) is 10.9 Å². The summed E-state index contributed by atoms with van der Waals surface area (Å²) in [5.41, 5.74) is 4.83. The number of amides is 1. The summed E-state index contributed by atoms with van der Waals surface area (Å²) in [6.07, 6.45) is 3.39. The van der Waals surface area contributed by atoms with Crippen molar-refractivity contribution in [3.8, 4) is 11.1 Å². The summed E-state index contributed by atoms with van der Waals surface area (Å²) < 4.78 is 0. The van der Waals surface area contributed by atoms with Crippen LogP contribution >= 0.6 is 0 Å². The van der Waals surface area contributed by atoms with Gasteiger partial charge in [0, 0.05) is 18.0 Å². The average molecular weight is 316 g/mol.